The molecule has 82 valence electrons. The molecule has 2 heterocycles. The van der Waals surface area contributed by atoms with E-state index in [2.05, 4.69) is 23.5 Å². The van der Waals surface area contributed by atoms with Crippen LogP contribution < -0.4 is 5.32 Å². The van der Waals surface area contributed by atoms with Crippen molar-refractivity contribution >= 4 is 11.8 Å². The Kier molecular flexibility index (Phi) is 3.74. The number of nitrogens with one attached hydrogen (secondary N) is 1. The summed E-state index contributed by atoms with van der Waals surface area (Å²) in [4.78, 5) is 2.60. The minimum Gasteiger partial charge on any atom is -0.313 e. The summed E-state index contributed by atoms with van der Waals surface area (Å²) in [5, 5.41) is 3.70. The maximum atomic E-state index is 3.70. The van der Waals surface area contributed by atoms with Crippen molar-refractivity contribution in [3.8, 4) is 0 Å². The van der Waals surface area contributed by atoms with E-state index in [1.165, 1.54) is 38.0 Å². The Morgan fingerprint density at radius 1 is 1.29 bits per heavy atom. The van der Waals surface area contributed by atoms with E-state index in [4.69, 9.17) is 0 Å². The first-order valence-electron chi connectivity index (χ1n) is 5.75. The summed E-state index contributed by atoms with van der Waals surface area (Å²) < 4.78 is 0. The Morgan fingerprint density at radius 3 is 2.50 bits per heavy atom. The van der Waals surface area contributed by atoms with Gasteiger partial charge in [-0.3, -0.25) is 0 Å². The summed E-state index contributed by atoms with van der Waals surface area (Å²) in [6, 6.07) is 2.55. The monoisotopic (exact) mass is 214 g/mol. The quantitative estimate of drug-likeness (QED) is 0.715. The number of hydrogen-bond donors (Lipinski definition) is 1. The van der Waals surface area contributed by atoms with Crippen LogP contribution in [0.2, 0.25) is 0 Å². The summed E-state index contributed by atoms with van der Waals surface area (Å²) >= 11 is 1.94. The van der Waals surface area contributed by atoms with Gasteiger partial charge >= 0.3 is 0 Å². The van der Waals surface area contributed by atoms with Gasteiger partial charge in [0, 0.05) is 30.4 Å². The van der Waals surface area contributed by atoms with E-state index in [1.807, 2.05) is 11.8 Å². The predicted octanol–water partition coefficient (Wildman–Crippen LogP) is 1.56. The van der Waals surface area contributed by atoms with Crippen LogP contribution in [-0.4, -0.2) is 48.6 Å². The molecule has 0 amide bonds. The lowest BCUT2D eigenvalue weighted by molar-refractivity contribution is 0.150. The van der Waals surface area contributed by atoms with Crippen LogP contribution in [0.15, 0.2) is 0 Å². The van der Waals surface area contributed by atoms with Crippen molar-refractivity contribution < 1.29 is 0 Å². The molecule has 14 heavy (non-hydrogen) atoms. The molecule has 2 nitrogen and oxygen atoms in total. The van der Waals surface area contributed by atoms with Crippen molar-refractivity contribution in [3.05, 3.63) is 0 Å². The molecule has 3 heteroatoms. The zero-order valence-corrected chi connectivity index (χ0v) is 10.1. The van der Waals surface area contributed by atoms with Crippen molar-refractivity contribution in [2.24, 2.45) is 0 Å². The summed E-state index contributed by atoms with van der Waals surface area (Å²) in [7, 11) is 2.31. The van der Waals surface area contributed by atoms with Gasteiger partial charge in [0.05, 0.1) is 0 Å². The predicted molar refractivity (Wildman–Crippen MR) is 64.0 cm³/mol. The third-order valence-electron chi connectivity index (χ3n) is 3.84. The smallest absolute Gasteiger partial charge is 0.0111 e. The molecule has 2 aliphatic rings. The molecule has 2 rings (SSSR count). The summed E-state index contributed by atoms with van der Waals surface area (Å²) in [6.45, 7) is 1.19. The fraction of sp³-hybridized carbons (Fsp3) is 1.00. The topological polar surface area (TPSA) is 15.3 Å². The van der Waals surface area contributed by atoms with Gasteiger partial charge in [0.15, 0.2) is 0 Å². The van der Waals surface area contributed by atoms with Crippen molar-refractivity contribution in [1.29, 1.82) is 0 Å². The average Bonchev–Trinajstić information content (AvgIpc) is 2.41. The Morgan fingerprint density at radius 2 is 1.93 bits per heavy atom. The van der Waals surface area contributed by atoms with Crippen LogP contribution in [-0.2, 0) is 0 Å². The Balaban J connectivity index is 1.76. The summed E-state index contributed by atoms with van der Waals surface area (Å²) in [6.07, 6.45) is 7.80. The highest BCUT2D eigenvalue weighted by atomic mass is 32.2. The van der Waals surface area contributed by atoms with Crippen LogP contribution in [0.1, 0.15) is 25.7 Å². The number of thioether (sulfide) groups is 1. The molecule has 0 aromatic heterocycles. The molecule has 0 aromatic rings. The molecule has 0 saturated carbocycles. The lowest BCUT2D eigenvalue weighted by atomic mass is 9.98. The highest BCUT2D eigenvalue weighted by molar-refractivity contribution is 7.98. The number of nitrogens with zero attached hydrogens (tertiary/aromatic N) is 1. The molecule has 2 bridgehead atoms. The zero-order chi connectivity index (χ0) is 9.97. The fourth-order valence-electron chi connectivity index (χ4n) is 2.94. The van der Waals surface area contributed by atoms with E-state index in [0.29, 0.717) is 0 Å². The summed E-state index contributed by atoms with van der Waals surface area (Å²) in [5.41, 5.74) is 0. The third kappa shape index (κ3) is 2.26. The molecule has 2 saturated heterocycles. The van der Waals surface area contributed by atoms with Crippen molar-refractivity contribution in [1.82, 2.24) is 10.2 Å². The molecule has 2 atom stereocenters. The van der Waals surface area contributed by atoms with Gasteiger partial charge in [-0.1, -0.05) is 0 Å². The van der Waals surface area contributed by atoms with E-state index < -0.39 is 0 Å². The molecule has 2 fully saturated rings. The minimum atomic E-state index is 0.802. The first-order chi connectivity index (χ1) is 6.81. The summed E-state index contributed by atoms with van der Waals surface area (Å²) in [5.74, 6) is 1.25. The van der Waals surface area contributed by atoms with Crippen molar-refractivity contribution in [2.45, 2.75) is 43.8 Å². The molecular formula is C11H22N2S. The Bertz CT molecular complexity index is 172. The highest BCUT2D eigenvalue weighted by Crippen LogP contribution is 2.33. The van der Waals surface area contributed by atoms with Gasteiger partial charge in [-0.05, 0) is 39.0 Å². The lowest BCUT2D eigenvalue weighted by Crippen LogP contribution is -2.47. The normalized spacial score (nSPS) is 37.7. The second-order valence-electron chi connectivity index (χ2n) is 4.67. The lowest BCUT2D eigenvalue weighted by Gasteiger charge is -2.36. The van der Waals surface area contributed by atoms with Crippen LogP contribution in [0, 0.1) is 0 Å². The van der Waals surface area contributed by atoms with E-state index in [9.17, 15) is 0 Å². The molecule has 1 N–H and O–H groups in total. The van der Waals surface area contributed by atoms with Gasteiger partial charge in [0.2, 0.25) is 0 Å². The van der Waals surface area contributed by atoms with Crippen molar-refractivity contribution in [3.63, 3.8) is 0 Å². The molecule has 0 spiro atoms. The largest absolute Gasteiger partial charge is 0.313 e. The van der Waals surface area contributed by atoms with Gasteiger partial charge in [0.1, 0.15) is 0 Å². The first kappa shape index (κ1) is 10.8. The number of hydrogen-bond acceptors (Lipinski definition) is 3. The second-order valence-corrected chi connectivity index (χ2v) is 5.65. The van der Waals surface area contributed by atoms with E-state index in [1.54, 1.807) is 0 Å². The number of rotatable bonds is 4. The van der Waals surface area contributed by atoms with Crippen LogP contribution in [0.4, 0.5) is 0 Å². The minimum absolute atomic E-state index is 0.802. The molecule has 2 unspecified atom stereocenters. The molecule has 2 aliphatic heterocycles. The molecule has 0 aromatic carbocycles. The maximum Gasteiger partial charge on any atom is 0.0111 e. The third-order valence-corrected chi connectivity index (χ3v) is 4.45. The molecule has 0 aliphatic carbocycles. The average molecular weight is 214 g/mol. The van der Waals surface area contributed by atoms with Gasteiger partial charge in [0.25, 0.3) is 0 Å². The standard InChI is InChI=1S/C11H22N2S/c1-13-10-3-4-11(13)8-9(7-10)12-5-6-14-2/h9-12H,3-8H2,1-2H3. The van der Waals surface area contributed by atoms with Crippen LogP contribution in [0.25, 0.3) is 0 Å². The molecular weight excluding hydrogens is 192 g/mol. The fourth-order valence-corrected chi connectivity index (χ4v) is 3.27. The second kappa shape index (κ2) is 4.86. The van der Waals surface area contributed by atoms with Gasteiger partial charge in [-0.2, -0.15) is 11.8 Å². The van der Waals surface area contributed by atoms with Crippen LogP contribution in [0.5, 0.6) is 0 Å². The van der Waals surface area contributed by atoms with Gasteiger partial charge < -0.3 is 10.2 Å². The number of fused-ring (bicyclic) bond motifs is 2. The van der Waals surface area contributed by atoms with E-state index in [-0.39, 0.29) is 0 Å². The van der Waals surface area contributed by atoms with Gasteiger partial charge in [-0.15, -0.1) is 0 Å². The number of piperidine rings is 1. The highest BCUT2D eigenvalue weighted by Gasteiger charge is 2.37. The first-order valence-corrected chi connectivity index (χ1v) is 7.15. The van der Waals surface area contributed by atoms with Crippen molar-refractivity contribution in [2.75, 3.05) is 25.6 Å². The Labute approximate surface area is 91.8 Å². The van der Waals surface area contributed by atoms with E-state index >= 15 is 0 Å². The van der Waals surface area contributed by atoms with Crippen LogP contribution in [0.3, 0.4) is 0 Å². The molecule has 0 radical (unpaired) electrons. The SMILES string of the molecule is CSCCNC1CC2CCC(C1)N2C. The Hall–Kier alpha value is 0.270. The van der Waals surface area contributed by atoms with E-state index in [0.717, 1.165) is 18.1 Å². The van der Waals surface area contributed by atoms with Gasteiger partial charge in [-0.25, -0.2) is 0 Å². The van der Waals surface area contributed by atoms with Crippen LogP contribution >= 0.6 is 11.8 Å². The maximum absolute atomic E-state index is 3.70. The zero-order valence-electron chi connectivity index (χ0n) is 9.33.